The van der Waals surface area contributed by atoms with Crippen molar-refractivity contribution >= 4 is 57.6 Å². The molecule has 0 aliphatic heterocycles. The molecule has 0 nitrogen and oxygen atoms in total. The van der Waals surface area contributed by atoms with E-state index in [-0.39, 0.29) is 51.4 Å². The Hall–Kier alpha value is -2.90. The zero-order valence-corrected chi connectivity index (χ0v) is 20.4. The molecule has 0 atom stereocenters. The van der Waals surface area contributed by atoms with Crippen LogP contribution < -0.4 is 21.9 Å². The number of benzene rings is 4. The molecule has 4 aromatic rings. The second-order valence-electron chi connectivity index (χ2n) is 9.35. The maximum atomic E-state index is 13.3. The van der Waals surface area contributed by atoms with E-state index in [1.165, 1.54) is 0 Å². The van der Waals surface area contributed by atoms with Crippen LogP contribution in [0.3, 0.4) is 0 Å². The van der Waals surface area contributed by atoms with Crippen LogP contribution >= 0.6 is 0 Å². The Morgan fingerprint density at radius 1 is 0.286 bits per heavy atom. The average Bonchev–Trinajstić information content (AvgIpc) is 2.88. The van der Waals surface area contributed by atoms with E-state index in [0.717, 1.165) is 48.5 Å². The summed E-state index contributed by atoms with van der Waals surface area (Å²) in [5, 5.41) is 0. The number of hydrogen-bond donors (Lipinski definition) is 0. The molecule has 4 rings (SSSR count). The summed E-state index contributed by atoms with van der Waals surface area (Å²) in [4.78, 5) is 0. The third kappa shape index (κ3) is 6.68. The summed E-state index contributed by atoms with van der Waals surface area (Å²) in [6.07, 6.45) is -22.0. The minimum absolute atomic E-state index is 0. The Kier molecular flexibility index (Phi) is 9.32. The van der Waals surface area contributed by atoms with Gasteiger partial charge in [0, 0.05) is 0 Å². The van der Waals surface area contributed by atoms with E-state index in [9.17, 15) is 52.7 Å². The van der Waals surface area contributed by atoms with Crippen LogP contribution in [0.1, 0.15) is 22.3 Å². The van der Waals surface area contributed by atoms with Crippen molar-refractivity contribution in [2.24, 2.45) is 0 Å². The van der Waals surface area contributed by atoms with Gasteiger partial charge >= 0.3 is 54.3 Å². The Morgan fingerprint density at radius 2 is 0.429 bits per heavy atom. The molecular formula is C28H17BF12Na-. The minimum atomic E-state index is -4.77. The van der Waals surface area contributed by atoms with Gasteiger partial charge in [-0.1, -0.05) is 97.1 Å². The number of alkyl halides is 12. The van der Waals surface area contributed by atoms with Crippen LogP contribution in [0.5, 0.6) is 0 Å². The van der Waals surface area contributed by atoms with Gasteiger partial charge in [-0.15, -0.1) is 0 Å². The van der Waals surface area contributed by atoms with Gasteiger partial charge in [0.2, 0.25) is 0 Å². The molecule has 0 heterocycles. The summed E-state index contributed by atoms with van der Waals surface area (Å²) < 4.78 is 160. The molecule has 0 fully saturated rings. The van der Waals surface area contributed by atoms with Crippen LogP contribution in [-0.2, 0) is 24.7 Å². The molecule has 0 amide bonds. The molecule has 14 heteroatoms. The fourth-order valence-corrected chi connectivity index (χ4v) is 5.00. The average molecular weight is 615 g/mol. The predicted molar refractivity (Wildman–Crippen MR) is 137 cm³/mol. The summed E-state index contributed by atoms with van der Waals surface area (Å²) in [5.41, 5.74) is -4.29. The Labute approximate surface area is 253 Å². The molecule has 42 heavy (non-hydrogen) atoms. The zero-order valence-electron chi connectivity index (χ0n) is 20.4. The van der Waals surface area contributed by atoms with Crippen molar-refractivity contribution in [1.82, 2.24) is 0 Å². The van der Waals surface area contributed by atoms with E-state index >= 15 is 0 Å². The van der Waals surface area contributed by atoms with E-state index < -0.39 is 53.1 Å². The molecule has 0 radical (unpaired) electrons. The van der Waals surface area contributed by atoms with Crippen LogP contribution in [0.4, 0.5) is 52.7 Å². The van der Waals surface area contributed by atoms with Crippen molar-refractivity contribution < 1.29 is 52.7 Å². The Bertz CT molecular complexity index is 1250. The monoisotopic (exact) mass is 615 g/mol. The maximum absolute atomic E-state index is 13.3. The molecule has 0 aliphatic carbocycles. The van der Waals surface area contributed by atoms with Crippen molar-refractivity contribution in [2.45, 2.75) is 24.7 Å². The number of halogens is 12. The summed E-state index contributed by atoms with van der Waals surface area (Å²) in [6, 6.07) is 13.6. The third-order valence-corrected chi connectivity index (χ3v) is 6.95. The van der Waals surface area contributed by atoms with Crippen molar-refractivity contribution in [1.29, 1.82) is 0 Å². The van der Waals surface area contributed by atoms with Crippen molar-refractivity contribution in [3.05, 3.63) is 119 Å². The van der Waals surface area contributed by atoms with Gasteiger partial charge in [0.05, 0.1) is 22.3 Å². The first-order valence-corrected chi connectivity index (χ1v) is 11.7. The summed E-state index contributed by atoms with van der Waals surface area (Å²) in [7, 11) is 0. The fraction of sp³-hybridized carbons (Fsp3) is 0.143. The van der Waals surface area contributed by atoms with Crippen LogP contribution in [-0.4, -0.2) is 35.7 Å². The SMILES string of the molecule is FC(F)(F)c1ccc([B-](c2ccc(C(F)(F)F)cc2)(c2ccc(C(F)(F)F)cc2)c2ccc(C(F)(F)F)cc2)cc1.[NaH]. The molecule has 0 spiro atoms. The standard InChI is InChI=1S/C28H16BF12.Na.H/c30-25(31,32)17-1-9-21(10-2-17)29(22-11-3-18(4-12-22)26(33,34)35,23-13-5-19(6-14-23)27(36,37)38)24-15-7-20(8-16-24)28(39,40)41;;/h1-16H;;/q-1;;. The first-order valence-electron chi connectivity index (χ1n) is 11.7. The molecule has 0 N–H and O–H groups in total. The van der Waals surface area contributed by atoms with Gasteiger partial charge in [0.1, 0.15) is 6.15 Å². The van der Waals surface area contributed by atoms with Gasteiger partial charge in [0.15, 0.2) is 0 Å². The normalized spacial score (nSPS) is 13.0. The van der Waals surface area contributed by atoms with Gasteiger partial charge in [-0.2, -0.15) is 74.5 Å². The molecule has 0 saturated heterocycles. The zero-order chi connectivity index (χ0) is 30.4. The predicted octanol–water partition coefficient (Wildman–Crippen LogP) is 6.49. The molecule has 0 unspecified atom stereocenters. The van der Waals surface area contributed by atoms with Gasteiger partial charge < -0.3 is 0 Å². The van der Waals surface area contributed by atoms with Crippen LogP contribution in [0.2, 0.25) is 0 Å². The Morgan fingerprint density at radius 3 is 0.548 bits per heavy atom. The molecule has 0 bridgehead atoms. The van der Waals surface area contributed by atoms with E-state index in [1.54, 1.807) is 0 Å². The Balaban J connectivity index is 0.00000484. The van der Waals surface area contributed by atoms with Gasteiger partial charge in [-0.3, -0.25) is 0 Å². The van der Waals surface area contributed by atoms with Gasteiger partial charge in [0.25, 0.3) is 0 Å². The first-order chi connectivity index (χ1) is 18.8. The van der Waals surface area contributed by atoms with Gasteiger partial charge in [-0.05, 0) is 0 Å². The summed E-state index contributed by atoms with van der Waals surface area (Å²) >= 11 is 0. The second-order valence-corrected chi connectivity index (χ2v) is 9.35. The van der Waals surface area contributed by atoms with Crippen LogP contribution in [0, 0.1) is 0 Å². The first kappa shape index (κ1) is 33.6. The van der Waals surface area contributed by atoms with Crippen molar-refractivity contribution in [3.8, 4) is 0 Å². The van der Waals surface area contributed by atoms with Crippen molar-refractivity contribution in [2.75, 3.05) is 0 Å². The molecule has 0 aromatic heterocycles. The van der Waals surface area contributed by atoms with Crippen molar-refractivity contribution in [3.63, 3.8) is 0 Å². The molecule has 218 valence electrons. The van der Waals surface area contributed by atoms with E-state index in [4.69, 9.17) is 0 Å². The fourth-order valence-electron chi connectivity index (χ4n) is 5.00. The second kappa shape index (κ2) is 11.7. The van der Waals surface area contributed by atoms with E-state index in [1.807, 2.05) is 0 Å². The van der Waals surface area contributed by atoms with Crippen LogP contribution in [0.15, 0.2) is 97.1 Å². The molecule has 4 aromatic carbocycles. The number of hydrogen-bond acceptors (Lipinski definition) is 0. The topological polar surface area (TPSA) is 0 Å². The molecule has 0 aliphatic rings. The van der Waals surface area contributed by atoms with E-state index in [0.29, 0.717) is 48.5 Å². The summed E-state index contributed by atoms with van der Waals surface area (Å²) in [6.45, 7) is 0. The van der Waals surface area contributed by atoms with E-state index in [2.05, 4.69) is 0 Å². The molecule has 0 saturated carbocycles. The quantitative estimate of drug-likeness (QED) is 0.182. The van der Waals surface area contributed by atoms with Crippen LogP contribution in [0.25, 0.3) is 0 Å². The molecular weight excluding hydrogens is 598 g/mol. The summed E-state index contributed by atoms with van der Waals surface area (Å²) in [5.74, 6) is 0. The number of rotatable bonds is 4. The van der Waals surface area contributed by atoms with Gasteiger partial charge in [-0.25, -0.2) is 0 Å². The third-order valence-electron chi connectivity index (χ3n) is 6.95.